The number of hydrogen-bond donors (Lipinski definition) is 1. The van der Waals surface area contributed by atoms with Gasteiger partial charge >= 0.3 is 0 Å². The van der Waals surface area contributed by atoms with Crippen molar-refractivity contribution in [3.63, 3.8) is 0 Å². The molecule has 0 unspecified atom stereocenters. The first-order valence-electron chi connectivity index (χ1n) is 6.17. The van der Waals surface area contributed by atoms with Crippen molar-refractivity contribution >= 4 is 15.9 Å². The highest BCUT2D eigenvalue weighted by Gasteiger charge is 2.10. The largest absolute Gasteiger partial charge is 0.491 e. The van der Waals surface area contributed by atoms with Gasteiger partial charge in [-0.2, -0.15) is 0 Å². The average Bonchev–Trinajstić information content (AvgIpc) is 2.26. The summed E-state index contributed by atoms with van der Waals surface area (Å²) in [5.74, 6) is 0.890. The molecular formula is C14H22BrNO2. The van der Waals surface area contributed by atoms with Crippen LogP contribution in [0.2, 0.25) is 0 Å². The van der Waals surface area contributed by atoms with Gasteiger partial charge in [0.25, 0.3) is 0 Å². The van der Waals surface area contributed by atoms with E-state index in [1.165, 1.54) is 0 Å². The number of halogens is 1. The van der Waals surface area contributed by atoms with Crippen molar-refractivity contribution in [1.29, 1.82) is 0 Å². The van der Waals surface area contributed by atoms with Crippen molar-refractivity contribution in [2.45, 2.75) is 32.8 Å². The molecular weight excluding hydrogens is 294 g/mol. The summed E-state index contributed by atoms with van der Waals surface area (Å²) in [4.78, 5) is 0. The summed E-state index contributed by atoms with van der Waals surface area (Å²) in [5.41, 5.74) is 6.60. The zero-order chi connectivity index (χ0) is 13.6. The quantitative estimate of drug-likeness (QED) is 0.820. The Morgan fingerprint density at radius 2 is 1.94 bits per heavy atom. The Hall–Kier alpha value is -0.580. The zero-order valence-corrected chi connectivity index (χ0v) is 12.9. The summed E-state index contributed by atoms with van der Waals surface area (Å²) in [7, 11) is 0. The minimum atomic E-state index is -0.122. The molecule has 102 valence electrons. The molecule has 0 spiro atoms. The fraction of sp³-hybridized carbons (Fsp3) is 0.571. The summed E-state index contributed by atoms with van der Waals surface area (Å²) in [6, 6.07) is 5.99. The van der Waals surface area contributed by atoms with Crippen LogP contribution in [0.15, 0.2) is 22.7 Å². The maximum atomic E-state index is 5.74. The SMILES string of the molecule is CC(C)(C)OCCOc1ccc(Br)cc1CCN. The predicted octanol–water partition coefficient (Wildman–Crippen LogP) is 3.14. The Kier molecular flexibility index (Phi) is 6.12. The molecule has 0 bridgehead atoms. The Morgan fingerprint density at radius 1 is 1.22 bits per heavy atom. The van der Waals surface area contributed by atoms with Gasteiger partial charge in [-0.15, -0.1) is 0 Å². The molecule has 2 N–H and O–H groups in total. The van der Waals surface area contributed by atoms with Crippen molar-refractivity contribution < 1.29 is 9.47 Å². The Morgan fingerprint density at radius 3 is 2.56 bits per heavy atom. The lowest BCUT2D eigenvalue weighted by Gasteiger charge is -2.20. The van der Waals surface area contributed by atoms with Gasteiger partial charge in [0.1, 0.15) is 12.4 Å². The van der Waals surface area contributed by atoms with Gasteiger partial charge in [-0.3, -0.25) is 0 Å². The summed E-state index contributed by atoms with van der Waals surface area (Å²) in [6.45, 7) is 7.86. The fourth-order valence-electron chi connectivity index (χ4n) is 1.54. The lowest BCUT2D eigenvalue weighted by molar-refractivity contribution is -0.0163. The molecule has 0 aromatic heterocycles. The topological polar surface area (TPSA) is 44.5 Å². The highest BCUT2D eigenvalue weighted by molar-refractivity contribution is 9.10. The maximum Gasteiger partial charge on any atom is 0.122 e. The standard InChI is InChI=1S/C14H22BrNO2/c1-14(2,3)18-9-8-17-13-5-4-12(15)10-11(13)6-7-16/h4-5,10H,6-9,16H2,1-3H3. The molecule has 0 atom stereocenters. The number of ether oxygens (including phenoxy) is 2. The van der Waals surface area contributed by atoms with E-state index in [1.807, 2.05) is 39.0 Å². The smallest absolute Gasteiger partial charge is 0.122 e. The highest BCUT2D eigenvalue weighted by Crippen LogP contribution is 2.23. The number of rotatable bonds is 6. The van der Waals surface area contributed by atoms with Gasteiger partial charge < -0.3 is 15.2 Å². The second kappa shape index (κ2) is 7.12. The van der Waals surface area contributed by atoms with Crippen LogP contribution in [-0.2, 0) is 11.2 Å². The molecule has 0 fully saturated rings. The molecule has 0 aliphatic rings. The summed E-state index contributed by atoms with van der Waals surface area (Å²) < 4.78 is 12.4. The summed E-state index contributed by atoms with van der Waals surface area (Å²) in [6.07, 6.45) is 0.814. The minimum absolute atomic E-state index is 0.122. The molecule has 1 rings (SSSR count). The Balaban J connectivity index is 2.51. The van der Waals surface area contributed by atoms with Crippen molar-refractivity contribution in [3.8, 4) is 5.75 Å². The van der Waals surface area contributed by atoms with E-state index in [1.54, 1.807) is 0 Å². The number of benzene rings is 1. The van der Waals surface area contributed by atoms with Gasteiger partial charge in [-0.1, -0.05) is 15.9 Å². The number of hydrogen-bond acceptors (Lipinski definition) is 3. The zero-order valence-electron chi connectivity index (χ0n) is 11.3. The molecule has 0 saturated heterocycles. The second-order valence-corrected chi connectivity index (χ2v) is 6.02. The second-order valence-electron chi connectivity index (χ2n) is 5.10. The molecule has 0 radical (unpaired) electrons. The van der Waals surface area contributed by atoms with E-state index < -0.39 is 0 Å². The number of nitrogens with two attached hydrogens (primary N) is 1. The van der Waals surface area contributed by atoms with Gasteiger partial charge in [-0.25, -0.2) is 0 Å². The molecule has 1 aromatic rings. The van der Waals surface area contributed by atoms with E-state index in [0.717, 1.165) is 22.2 Å². The third kappa shape index (κ3) is 5.85. The molecule has 3 nitrogen and oxygen atoms in total. The van der Waals surface area contributed by atoms with Gasteiger partial charge in [0.05, 0.1) is 12.2 Å². The van der Waals surface area contributed by atoms with E-state index in [-0.39, 0.29) is 5.60 Å². The highest BCUT2D eigenvalue weighted by atomic mass is 79.9. The van der Waals surface area contributed by atoms with E-state index in [9.17, 15) is 0 Å². The molecule has 0 heterocycles. The third-order valence-electron chi connectivity index (χ3n) is 2.31. The van der Waals surface area contributed by atoms with Crippen molar-refractivity contribution in [1.82, 2.24) is 0 Å². The first kappa shape index (κ1) is 15.5. The molecule has 0 aliphatic heterocycles. The van der Waals surface area contributed by atoms with E-state index in [4.69, 9.17) is 15.2 Å². The molecule has 0 saturated carbocycles. The van der Waals surface area contributed by atoms with Crippen LogP contribution in [0.3, 0.4) is 0 Å². The van der Waals surface area contributed by atoms with Crippen LogP contribution in [0.25, 0.3) is 0 Å². The molecule has 0 aliphatic carbocycles. The van der Waals surface area contributed by atoms with E-state index in [0.29, 0.717) is 19.8 Å². The van der Waals surface area contributed by atoms with Gasteiger partial charge in [0.2, 0.25) is 0 Å². The van der Waals surface area contributed by atoms with Crippen LogP contribution in [0.1, 0.15) is 26.3 Å². The Bertz CT molecular complexity index is 375. The van der Waals surface area contributed by atoms with Crippen LogP contribution >= 0.6 is 15.9 Å². The maximum absolute atomic E-state index is 5.74. The summed E-state index contributed by atoms with van der Waals surface area (Å²) >= 11 is 3.45. The van der Waals surface area contributed by atoms with E-state index in [2.05, 4.69) is 15.9 Å². The normalized spacial score (nSPS) is 11.6. The van der Waals surface area contributed by atoms with Crippen LogP contribution in [0, 0.1) is 0 Å². The predicted molar refractivity (Wildman–Crippen MR) is 78.1 cm³/mol. The molecule has 1 aromatic carbocycles. The molecule has 0 amide bonds. The lowest BCUT2D eigenvalue weighted by atomic mass is 10.1. The van der Waals surface area contributed by atoms with Crippen LogP contribution in [-0.4, -0.2) is 25.4 Å². The summed E-state index contributed by atoms with van der Waals surface area (Å²) in [5, 5.41) is 0. The first-order valence-corrected chi connectivity index (χ1v) is 6.97. The van der Waals surface area contributed by atoms with Crippen LogP contribution in [0.4, 0.5) is 0 Å². The van der Waals surface area contributed by atoms with Crippen molar-refractivity contribution in [2.75, 3.05) is 19.8 Å². The van der Waals surface area contributed by atoms with Gasteiger partial charge in [0, 0.05) is 4.47 Å². The van der Waals surface area contributed by atoms with Gasteiger partial charge in [0.15, 0.2) is 0 Å². The third-order valence-corrected chi connectivity index (χ3v) is 2.81. The van der Waals surface area contributed by atoms with Crippen LogP contribution < -0.4 is 10.5 Å². The van der Waals surface area contributed by atoms with Gasteiger partial charge in [-0.05, 0) is 57.5 Å². The van der Waals surface area contributed by atoms with Crippen LogP contribution in [0.5, 0.6) is 5.75 Å². The monoisotopic (exact) mass is 315 g/mol. The Labute approximate surface area is 118 Å². The molecule has 4 heteroatoms. The minimum Gasteiger partial charge on any atom is -0.491 e. The lowest BCUT2D eigenvalue weighted by Crippen LogP contribution is -2.22. The first-order chi connectivity index (χ1) is 8.42. The average molecular weight is 316 g/mol. The van der Waals surface area contributed by atoms with Crippen molar-refractivity contribution in [2.24, 2.45) is 5.73 Å². The van der Waals surface area contributed by atoms with E-state index >= 15 is 0 Å². The fourth-order valence-corrected chi connectivity index (χ4v) is 1.95. The molecule has 18 heavy (non-hydrogen) atoms. The van der Waals surface area contributed by atoms with Crippen molar-refractivity contribution in [3.05, 3.63) is 28.2 Å².